The van der Waals surface area contributed by atoms with E-state index in [1.807, 2.05) is 13.3 Å². The molecule has 0 aliphatic rings. The van der Waals surface area contributed by atoms with Gasteiger partial charge >= 0.3 is 0 Å². The van der Waals surface area contributed by atoms with Crippen LogP contribution in [0.1, 0.15) is 18.3 Å². The predicted octanol–water partition coefficient (Wildman–Crippen LogP) is 3.41. The van der Waals surface area contributed by atoms with Crippen LogP contribution in [0, 0.1) is 17.0 Å². The quantitative estimate of drug-likeness (QED) is 0.477. The van der Waals surface area contributed by atoms with Gasteiger partial charge in [-0.2, -0.15) is 0 Å². The fourth-order valence-corrected chi connectivity index (χ4v) is 2.79. The first-order chi connectivity index (χ1) is 9.11. The summed E-state index contributed by atoms with van der Waals surface area (Å²) in [6.07, 6.45) is 1.85. The number of hydrogen-bond donors (Lipinski definition) is 0. The van der Waals surface area contributed by atoms with Crippen LogP contribution in [-0.4, -0.2) is 14.5 Å². The summed E-state index contributed by atoms with van der Waals surface area (Å²) in [6.45, 7) is 4.98. The van der Waals surface area contributed by atoms with E-state index >= 15 is 0 Å². The van der Waals surface area contributed by atoms with Gasteiger partial charge in [-0.25, -0.2) is 4.98 Å². The van der Waals surface area contributed by atoms with Crippen molar-refractivity contribution in [3.05, 3.63) is 52.1 Å². The number of imidazole rings is 1. The van der Waals surface area contributed by atoms with Crippen molar-refractivity contribution in [2.45, 2.75) is 31.0 Å². The van der Waals surface area contributed by atoms with Crippen molar-refractivity contribution in [3.8, 4) is 0 Å². The van der Waals surface area contributed by atoms with Gasteiger partial charge in [-0.3, -0.25) is 10.1 Å². The third kappa shape index (κ3) is 3.14. The van der Waals surface area contributed by atoms with E-state index in [2.05, 4.69) is 16.5 Å². The van der Waals surface area contributed by atoms with E-state index in [1.165, 1.54) is 17.8 Å². The molecule has 0 aliphatic carbocycles. The molecule has 0 saturated carbocycles. The molecule has 0 spiro atoms. The molecule has 5 nitrogen and oxygen atoms in total. The summed E-state index contributed by atoms with van der Waals surface area (Å²) >= 11 is 1.66. The second kappa shape index (κ2) is 5.88. The molecule has 1 aromatic heterocycles. The van der Waals surface area contributed by atoms with Crippen molar-refractivity contribution >= 4 is 17.4 Å². The van der Waals surface area contributed by atoms with Gasteiger partial charge in [0.1, 0.15) is 0 Å². The summed E-state index contributed by atoms with van der Waals surface area (Å²) in [7, 11) is 0. The van der Waals surface area contributed by atoms with Crippen LogP contribution in [0.4, 0.5) is 5.69 Å². The molecule has 0 amide bonds. The smallest absolute Gasteiger partial charge is 0.269 e. The standard InChI is InChI=1S/C13H15N3O2S/c1-3-15-9-14-10(2)13(15)8-19-12-6-4-11(5-7-12)16(17)18/h4-7,9H,3,8H2,1-2H3. The van der Waals surface area contributed by atoms with E-state index in [-0.39, 0.29) is 10.6 Å². The summed E-state index contributed by atoms with van der Waals surface area (Å²) in [5, 5.41) is 10.6. The molecule has 2 rings (SSSR count). The lowest BCUT2D eigenvalue weighted by molar-refractivity contribution is -0.384. The van der Waals surface area contributed by atoms with Crippen molar-refractivity contribution < 1.29 is 4.92 Å². The lowest BCUT2D eigenvalue weighted by Crippen LogP contribution is -1.98. The third-order valence-corrected chi connectivity index (χ3v) is 3.94. The number of benzene rings is 1. The molecule has 0 fully saturated rings. The van der Waals surface area contributed by atoms with Crippen molar-refractivity contribution in [2.75, 3.05) is 0 Å². The normalized spacial score (nSPS) is 10.6. The molecule has 0 aliphatic heterocycles. The molecule has 1 heterocycles. The van der Waals surface area contributed by atoms with Crippen LogP contribution in [0.15, 0.2) is 35.5 Å². The summed E-state index contributed by atoms with van der Waals surface area (Å²) in [6, 6.07) is 6.63. The molecule has 6 heteroatoms. The highest BCUT2D eigenvalue weighted by atomic mass is 32.2. The number of thioether (sulfide) groups is 1. The Bertz CT molecular complexity index is 578. The molecule has 1 aromatic carbocycles. The van der Waals surface area contributed by atoms with Crippen LogP contribution in [0.25, 0.3) is 0 Å². The van der Waals surface area contributed by atoms with E-state index in [0.717, 1.165) is 22.9 Å². The number of non-ortho nitro benzene ring substituents is 1. The third-order valence-electron chi connectivity index (χ3n) is 2.92. The van der Waals surface area contributed by atoms with Crippen LogP contribution >= 0.6 is 11.8 Å². The monoisotopic (exact) mass is 277 g/mol. The average Bonchev–Trinajstić information content (AvgIpc) is 2.77. The summed E-state index contributed by atoms with van der Waals surface area (Å²) in [5.74, 6) is 0.817. The fraction of sp³-hybridized carbons (Fsp3) is 0.308. The molecule has 2 aromatic rings. The first-order valence-corrected chi connectivity index (χ1v) is 6.98. The number of rotatable bonds is 5. The largest absolute Gasteiger partial charge is 0.334 e. The van der Waals surface area contributed by atoms with Gasteiger partial charge in [0, 0.05) is 29.3 Å². The van der Waals surface area contributed by atoms with Crippen molar-refractivity contribution in [3.63, 3.8) is 0 Å². The van der Waals surface area contributed by atoms with Crippen molar-refractivity contribution in [1.29, 1.82) is 0 Å². The zero-order valence-electron chi connectivity index (χ0n) is 10.9. The minimum Gasteiger partial charge on any atom is -0.334 e. The zero-order chi connectivity index (χ0) is 13.8. The number of nitro groups is 1. The highest BCUT2D eigenvalue weighted by Gasteiger charge is 2.08. The number of aryl methyl sites for hydroxylation is 2. The predicted molar refractivity (Wildman–Crippen MR) is 75.3 cm³/mol. The topological polar surface area (TPSA) is 61.0 Å². The Kier molecular flexibility index (Phi) is 4.21. The Hall–Kier alpha value is -1.82. The highest BCUT2D eigenvalue weighted by molar-refractivity contribution is 7.98. The first-order valence-electron chi connectivity index (χ1n) is 5.99. The van der Waals surface area contributed by atoms with E-state index in [9.17, 15) is 10.1 Å². The molecule has 19 heavy (non-hydrogen) atoms. The molecule has 0 unspecified atom stereocenters. The van der Waals surface area contributed by atoms with Crippen LogP contribution in [0.3, 0.4) is 0 Å². The maximum atomic E-state index is 10.6. The van der Waals surface area contributed by atoms with Crippen molar-refractivity contribution in [2.24, 2.45) is 0 Å². The minimum absolute atomic E-state index is 0.124. The Balaban J connectivity index is 2.06. The summed E-state index contributed by atoms with van der Waals surface area (Å²) in [5.41, 5.74) is 2.36. The second-order valence-corrected chi connectivity index (χ2v) is 5.15. The van der Waals surface area contributed by atoms with Gasteiger partial charge in [0.25, 0.3) is 5.69 Å². The van der Waals surface area contributed by atoms with Gasteiger partial charge in [-0.05, 0) is 26.0 Å². The van der Waals surface area contributed by atoms with E-state index in [1.54, 1.807) is 23.9 Å². The van der Waals surface area contributed by atoms with Gasteiger partial charge in [0.2, 0.25) is 0 Å². The van der Waals surface area contributed by atoms with E-state index in [4.69, 9.17) is 0 Å². The fourth-order valence-electron chi connectivity index (χ4n) is 1.78. The van der Waals surface area contributed by atoms with Gasteiger partial charge < -0.3 is 4.57 Å². The van der Waals surface area contributed by atoms with Gasteiger partial charge in [-0.15, -0.1) is 11.8 Å². The summed E-state index contributed by atoms with van der Waals surface area (Å²) < 4.78 is 2.12. The van der Waals surface area contributed by atoms with Gasteiger partial charge in [0.15, 0.2) is 0 Å². The Morgan fingerprint density at radius 2 is 2.05 bits per heavy atom. The lowest BCUT2D eigenvalue weighted by atomic mass is 10.3. The maximum Gasteiger partial charge on any atom is 0.269 e. The molecule has 0 radical (unpaired) electrons. The Labute approximate surface area is 115 Å². The van der Waals surface area contributed by atoms with E-state index in [0.29, 0.717) is 0 Å². The average molecular weight is 277 g/mol. The molecule has 0 atom stereocenters. The Morgan fingerprint density at radius 3 is 2.63 bits per heavy atom. The van der Waals surface area contributed by atoms with Crippen LogP contribution in [0.2, 0.25) is 0 Å². The van der Waals surface area contributed by atoms with Crippen LogP contribution in [-0.2, 0) is 12.3 Å². The second-order valence-electron chi connectivity index (χ2n) is 4.10. The maximum absolute atomic E-state index is 10.6. The van der Waals surface area contributed by atoms with Crippen LogP contribution < -0.4 is 0 Å². The molecule has 0 bridgehead atoms. The highest BCUT2D eigenvalue weighted by Crippen LogP contribution is 2.25. The van der Waals surface area contributed by atoms with Gasteiger partial charge in [-0.1, -0.05) is 0 Å². The molecule has 100 valence electrons. The zero-order valence-corrected chi connectivity index (χ0v) is 11.7. The van der Waals surface area contributed by atoms with Crippen LogP contribution in [0.5, 0.6) is 0 Å². The molecule has 0 N–H and O–H groups in total. The van der Waals surface area contributed by atoms with Gasteiger partial charge in [0.05, 0.1) is 22.6 Å². The molecule has 0 saturated heterocycles. The lowest BCUT2D eigenvalue weighted by Gasteiger charge is -2.06. The number of nitro benzene ring substituents is 1. The molecular formula is C13H15N3O2S. The summed E-state index contributed by atoms with van der Waals surface area (Å²) in [4.78, 5) is 15.5. The first kappa shape index (κ1) is 13.6. The number of hydrogen-bond acceptors (Lipinski definition) is 4. The minimum atomic E-state index is -0.384. The number of aromatic nitrogens is 2. The number of nitrogens with zero attached hydrogens (tertiary/aromatic N) is 3. The molecular weight excluding hydrogens is 262 g/mol. The Morgan fingerprint density at radius 1 is 1.37 bits per heavy atom. The SMILES string of the molecule is CCn1cnc(C)c1CSc1ccc([N+](=O)[O-])cc1. The van der Waals surface area contributed by atoms with Crippen molar-refractivity contribution in [1.82, 2.24) is 9.55 Å². The van der Waals surface area contributed by atoms with E-state index < -0.39 is 0 Å².